The molecule has 122 valence electrons. The quantitative estimate of drug-likeness (QED) is 0.797. The monoisotopic (exact) mass is 317 g/mol. The number of pyridine rings is 1. The molecule has 7 nitrogen and oxygen atoms in total. The average Bonchev–Trinajstić information content (AvgIpc) is 3.18. The summed E-state index contributed by atoms with van der Waals surface area (Å²) in [4.78, 5) is 33.0. The number of amides is 2. The van der Waals surface area contributed by atoms with E-state index in [2.05, 4.69) is 4.98 Å². The van der Waals surface area contributed by atoms with Crippen LogP contribution in [0, 0.1) is 6.92 Å². The Morgan fingerprint density at radius 3 is 3.09 bits per heavy atom. The average molecular weight is 317 g/mol. The zero-order valence-electron chi connectivity index (χ0n) is 13.2. The van der Waals surface area contributed by atoms with Crippen molar-refractivity contribution in [2.45, 2.75) is 31.5 Å². The minimum absolute atomic E-state index is 0.0721. The fourth-order valence-electron chi connectivity index (χ4n) is 4.07. The van der Waals surface area contributed by atoms with Crippen LogP contribution in [0.4, 0.5) is 0 Å². The Balaban J connectivity index is 1.68. The minimum Gasteiger partial charge on any atom is -0.494 e. The predicted octanol–water partition coefficient (Wildman–Crippen LogP) is 0.572. The lowest BCUT2D eigenvalue weighted by molar-refractivity contribution is -0.136. The van der Waals surface area contributed by atoms with Crippen LogP contribution in [0.1, 0.15) is 28.9 Å². The van der Waals surface area contributed by atoms with Gasteiger partial charge in [0.25, 0.3) is 5.91 Å². The third-order valence-electron chi connectivity index (χ3n) is 5.12. The van der Waals surface area contributed by atoms with Gasteiger partial charge in [0.1, 0.15) is 5.75 Å². The van der Waals surface area contributed by atoms with Gasteiger partial charge >= 0.3 is 0 Å². The summed E-state index contributed by atoms with van der Waals surface area (Å²) in [5.41, 5.74) is 0.632. The van der Waals surface area contributed by atoms with Gasteiger partial charge in [-0.05, 0) is 13.0 Å². The molecule has 23 heavy (non-hydrogen) atoms. The van der Waals surface area contributed by atoms with Crippen molar-refractivity contribution in [3.63, 3.8) is 0 Å². The van der Waals surface area contributed by atoms with Crippen LogP contribution in [0.5, 0.6) is 5.75 Å². The maximum absolute atomic E-state index is 13.0. The number of ether oxygens (including phenoxy) is 2. The molecular weight excluding hydrogens is 298 g/mol. The number of hydrogen-bond donors (Lipinski definition) is 0. The Morgan fingerprint density at radius 2 is 2.30 bits per heavy atom. The van der Waals surface area contributed by atoms with Gasteiger partial charge in [-0.1, -0.05) is 0 Å². The number of carbonyl (C=O) groups is 2. The van der Waals surface area contributed by atoms with Gasteiger partial charge in [0, 0.05) is 25.2 Å². The number of nitrogens with zero attached hydrogens (tertiary/aromatic N) is 3. The predicted molar refractivity (Wildman–Crippen MR) is 80.0 cm³/mol. The third-order valence-corrected chi connectivity index (χ3v) is 5.12. The largest absolute Gasteiger partial charge is 0.494 e. The molecule has 2 atom stereocenters. The summed E-state index contributed by atoms with van der Waals surface area (Å²) in [5.74, 6) is 0.400. The maximum Gasteiger partial charge on any atom is 0.258 e. The van der Waals surface area contributed by atoms with E-state index < -0.39 is 5.72 Å². The molecule has 0 bridgehead atoms. The second-order valence-electron chi connectivity index (χ2n) is 6.23. The summed E-state index contributed by atoms with van der Waals surface area (Å²) >= 11 is 0. The number of carbonyl (C=O) groups excluding carboxylic acids is 2. The number of hydrogen-bond acceptors (Lipinski definition) is 5. The van der Waals surface area contributed by atoms with E-state index in [0.29, 0.717) is 43.9 Å². The molecule has 4 rings (SSSR count). The highest BCUT2D eigenvalue weighted by Crippen LogP contribution is 2.46. The van der Waals surface area contributed by atoms with Crippen molar-refractivity contribution < 1.29 is 19.1 Å². The van der Waals surface area contributed by atoms with E-state index >= 15 is 0 Å². The summed E-state index contributed by atoms with van der Waals surface area (Å²) < 4.78 is 11.2. The molecular formula is C16H19N3O4. The first-order valence-electron chi connectivity index (χ1n) is 7.83. The van der Waals surface area contributed by atoms with Crippen LogP contribution >= 0.6 is 0 Å². The highest BCUT2D eigenvalue weighted by Gasteiger charge is 2.63. The number of rotatable bonds is 2. The van der Waals surface area contributed by atoms with Gasteiger partial charge < -0.3 is 19.3 Å². The maximum atomic E-state index is 13.0. The number of aromatic nitrogens is 1. The van der Waals surface area contributed by atoms with Crippen molar-refractivity contribution >= 4 is 11.8 Å². The van der Waals surface area contributed by atoms with Crippen molar-refractivity contribution in [3.8, 4) is 5.75 Å². The highest BCUT2D eigenvalue weighted by atomic mass is 16.5. The lowest BCUT2D eigenvalue weighted by atomic mass is 10.1. The molecule has 4 heterocycles. The van der Waals surface area contributed by atoms with E-state index in [1.54, 1.807) is 22.1 Å². The fourth-order valence-corrected chi connectivity index (χ4v) is 4.07. The second kappa shape index (κ2) is 4.92. The molecule has 3 aliphatic heterocycles. The molecule has 3 fully saturated rings. The van der Waals surface area contributed by atoms with E-state index in [9.17, 15) is 9.59 Å². The van der Waals surface area contributed by atoms with E-state index in [1.807, 2.05) is 6.92 Å². The summed E-state index contributed by atoms with van der Waals surface area (Å²) in [6, 6.07) is 1.51. The second-order valence-corrected chi connectivity index (χ2v) is 6.23. The Bertz CT molecular complexity index is 692. The zero-order chi connectivity index (χ0) is 16.2. The van der Waals surface area contributed by atoms with Gasteiger partial charge in [0.2, 0.25) is 5.91 Å². The van der Waals surface area contributed by atoms with Crippen molar-refractivity contribution in [1.29, 1.82) is 0 Å². The van der Waals surface area contributed by atoms with Crippen LogP contribution in [0.25, 0.3) is 0 Å². The van der Waals surface area contributed by atoms with Crippen LogP contribution < -0.4 is 4.74 Å². The smallest absolute Gasteiger partial charge is 0.258 e. The molecule has 0 aromatic carbocycles. The molecule has 0 N–H and O–H groups in total. The molecule has 0 unspecified atom stereocenters. The molecule has 3 saturated heterocycles. The normalized spacial score (nSPS) is 29.0. The van der Waals surface area contributed by atoms with E-state index in [1.165, 1.54) is 7.11 Å². The summed E-state index contributed by atoms with van der Waals surface area (Å²) in [7, 11) is 1.52. The summed E-state index contributed by atoms with van der Waals surface area (Å²) in [5, 5.41) is 0. The molecule has 0 radical (unpaired) electrons. The van der Waals surface area contributed by atoms with Crippen molar-refractivity contribution in [1.82, 2.24) is 14.8 Å². The van der Waals surface area contributed by atoms with Crippen LogP contribution in [-0.2, 0) is 9.53 Å². The highest BCUT2D eigenvalue weighted by molar-refractivity contribution is 5.98. The molecule has 0 aliphatic carbocycles. The van der Waals surface area contributed by atoms with E-state index in [0.717, 1.165) is 5.69 Å². The standard InChI is InChI=1S/C16H19N3O4/c1-10-7-11(12(22-2)9-17-10)15(21)18-4-3-16-13(18)8-14(20)19(16)5-6-23-16/h7,9,13H,3-6,8H2,1-2H3/t13-,16+/m1/s1. The van der Waals surface area contributed by atoms with Gasteiger partial charge in [-0.15, -0.1) is 0 Å². The molecule has 3 aliphatic rings. The van der Waals surface area contributed by atoms with E-state index in [4.69, 9.17) is 9.47 Å². The Morgan fingerprint density at radius 1 is 1.48 bits per heavy atom. The van der Waals surface area contributed by atoms with Crippen LogP contribution in [0.2, 0.25) is 0 Å². The Hall–Kier alpha value is -2.15. The topological polar surface area (TPSA) is 72.0 Å². The lowest BCUT2D eigenvalue weighted by Crippen LogP contribution is -2.48. The molecule has 2 amide bonds. The first kappa shape index (κ1) is 14.4. The molecule has 7 heteroatoms. The Kier molecular flexibility index (Phi) is 3.09. The fraction of sp³-hybridized carbons (Fsp3) is 0.562. The van der Waals surface area contributed by atoms with Crippen LogP contribution in [-0.4, -0.2) is 65.2 Å². The number of methoxy groups -OCH3 is 1. The van der Waals surface area contributed by atoms with Crippen molar-refractivity contribution in [2.24, 2.45) is 0 Å². The van der Waals surface area contributed by atoms with Crippen molar-refractivity contribution in [2.75, 3.05) is 26.8 Å². The number of aryl methyl sites for hydroxylation is 1. The minimum atomic E-state index is -0.609. The van der Waals surface area contributed by atoms with Gasteiger partial charge in [0.05, 0.1) is 37.9 Å². The SMILES string of the molecule is COc1cnc(C)cc1C(=O)N1CC[C@@]23OCCN2C(=O)C[C@@H]13. The number of likely N-dealkylation sites (tertiary alicyclic amines) is 1. The van der Waals surface area contributed by atoms with Gasteiger partial charge in [-0.2, -0.15) is 0 Å². The third kappa shape index (κ3) is 1.89. The zero-order valence-corrected chi connectivity index (χ0v) is 13.2. The van der Waals surface area contributed by atoms with Gasteiger partial charge in [-0.3, -0.25) is 14.6 Å². The first-order chi connectivity index (χ1) is 11.1. The molecule has 0 saturated carbocycles. The van der Waals surface area contributed by atoms with Gasteiger partial charge in [0.15, 0.2) is 5.72 Å². The molecule has 1 spiro atoms. The molecule has 1 aromatic rings. The lowest BCUT2D eigenvalue weighted by Gasteiger charge is -2.31. The van der Waals surface area contributed by atoms with E-state index in [-0.39, 0.29) is 17.9 Å². The van der Waals surface area contributed by atoms with Crippen molar-refractivity contribution in [3.05, 3.63) is 23.5 Å². The Labute approximate surface area is 134 Å². The molecule has 1 aromatic heterocycles. The first-order valence-corrected chi connectivity index (χ1v) is 7.83. The summed E-state index contributed by atoms with van der Waals surface area (Å²) in [6.45, 7) is 3.58. The van der Waals surface area contributed by atoms with Crippen LogP contribution in [0.15, 0.2) is 12.3 Å². The van der Waals surface area contributed by atoms with Crippen LogP contribution in [0.3, 0.4) is 0 Å². The van der Waals surface area contributed by atoms with Gasteiger partial charge in [-0.25, -0.2) is 0 Å². The summed E-state index contributed by atoms with van der Waals surface area (Å²) in [6.07, 6.45) is 2.56.